The highest BCUT2D eigenvalue weighted by Crippen LogP contribution is 2.22. The van der Waals surface area contributed by atoms with Crippen LogP contribution in [0, 0.1) is 11.3 Å². The Hall–Kier alpha value is -1.57. The van der Waals surface area contributed by atoms with Crippen molar-refractivity contribution in [2.75, 3.05) is 18.5 Å². The number of nitrogens with zero attached hydrogens (tertiary/aromatic N) is 1. The molecule has 0 saturated carbocycles. The number of ether oxygens (including phenoxy) is 2. The second kappa shape index (κ2) is 4.74. The predicted molar refractivity (Wildman–Crippen MR) is 64.6 cm³/mol. The van der Waals surface area contributed by atoms with Crippen molar-refractivity contribution >= 4 is 5.69 Å². The zero-order valence-corrected chi connectivity index (χ0v) is 10.1. The molecule has 1 unspecified atom stereocenters. The first-order valence-corrected chi connectivity index (χ1v) is 5.65. The van der Waals surface area contributed by atoms with E-state index in [-0.39, 0.29) is 6.10 Å². The minimum atomic E-state index is -0.475. The summed E-state index contributed by atoms with van der Waals surface area (Å²) in [6.07, 6.45) is 0.0700. The highest BCUT2D eigenvalue weighted by molar-refractivity contribution is 5.47. The van der Waals surface area contributed by atoms with Gasteiger partial charge in [-0.3, -0.25) is 0 Å². The first kappa shape index (κ1) is 11.9. The second-order valence-electron chi connectivity index (χ2n) is 4.52. The summed E-state index contributed by atoms with van der Waals surface area (Å²) in [5, 5.41) is 11.9. The van der Waals surface area contributed by atoms with Gasteiger partial charge in [0.1, 0.15) is 6.10 Å². The zero-order chi connectivity index (χ0) is 12.3. The largest absolute Gasteiger partial charge is 0.382 e. The maximum atomic E-state index is 8.68. The molecule has 1 aromatic carbocycles. The maximum absolute atomic E-state index is 8.68. The van der Waals surface area contributed by atoms with Gasteiger partial charge in [-0.05, 0) is 38.1 Å². The molecule has 1 aromatic rings. The van der Waals surface area contributed by atoms with E-state index in [0.29, 0.717) is 18.7 Å². The van der Waals surface area contributed by atoms with Crippen LogP contribution in [0.4, 0.5) is 5.69 Å². The number of rotatable bonds is 3. The lowest BCUT2D eigenvalue weighted by Crippen LogP contribution is -2.25. The molecule has 1 heterocycles. The molecule has 1 N–H and O–H groups in total. The standard InChI is InChI=1S/C13H16N2O2/c1-13(2)16-9-12(17-13)8-15-11-5-3-10(7-14)4-6-11/h3-6,12,15H,8-9H2,1-2H3. The van der Waals surface area contributed by atoms with Crippen molar-refractivity contribution in [3.8, 4) is 6.07 Å². The zero-order valence-electron chi connectivity index (χ0n) is 10.1. The van der Waals surface area contributed by atoms with Gasteiger partial charge in [-0.15, -0.1) is 0 Å². The highest BCUT2D eigenvalue weighted by Gasteiger charge is 2.32. The van der Waals surface area contributed by atoms with Crippen LogP contribution in [0.1, 0.15) is 19.4 Å². The molecule has 0 spiro atoms. The van der Waals surface area contributed by atoms with Gasteiger partial charge in [0.2, 0.25) is 0 Å². The summed E-state index contributed by atoms with van der Waals surface area (Å²) in [5.74, 6) is -0.475. The van der Waals surface area contributed by atoms with Crippen LogP contribution in [0.3, 0.4) is 0 Å². The number of hydrogen-bond donors (Lipinski definition) is 1. The summed E-state index contributed by atoms with van der Waals surface area (Å²) in [6, 6.07) is 9.45. The maximum Gasteiger partial charge on any atom is 0.163 e. The third-order valence-electron chi connectivity index (χ3n) is 2.62. The van der Waals surface area contributed by atoms with Crippen LogP contribution in [-0.2, 0) is 9.47 Å². The summed E-state index contributed by atoms with van der Waals surface area (Å²) in [5.41, 5.74) is 1.65. The molecule has 1 saturated heterocycles. The van der Waals surface area contributed by atoms with Crippen molar-refractivity contribution in [2.45, 2.75) is 25.7 Å². The van der Waals surface area contributed by atoms with E-state index in [2.05, 4.69) is 11.4 Å². The molecule has 0 aromatic heterocycles. The molecule has 0 radical (unpaired) electrons. The van der Waals surface area contributed by atoms with Crippen LogP contribution < -0.4 is 5.32 Å². The number of hydrogen-bond acceptors (Lipinski definition) is 4. The molecule has 2 rings (SSSR count). The molecule has 0 amide bonds. The van der Waals surface area contributed by atoms with E-state index in [9.17, 15) is 0 Å². The Bertz CT molecular complexity index is 420. The average molecular weight is 232 g/mol. The molecule has 1 atom stereocenters. The molecule has 90 valence electrons. The molecular formula is C13H16N2O2. The van der Waals surface area contributed by atoms with Gasteiger partial charge in [-0.1, -0.05) is 0 Å². The van der Waals surface area contributed by atoms with Gasteiger partial charge < -0.3 is 14.8 Å². The average Bonchev–Trinajstić information content (AvgIpc) is 2.67. The van der Waals surface area contributed by atoms with Crippen LogP contribution >= 0.6 is 0 Å². The van der Waals surface area contributed by atoms with Crippen LogP contribution in [0.15, 0.2) is 24.3 Å². The fraction of sp³-hybridized carbons (Fsp3) is 0.462. The predicted octanol–water partition coefficient (Wildman–Crippen LogP) is 2.12. The van der Waals surface area contributed by atoms with Crippen LogP contribution in [0.5, 0.6) is 0 Å². The van der Waals surface area contributed by atoms with Crippen molar-refractivity contribution in [1.29, 1.82) is 5.26 Å². The monoisotopic (exact) mass is 232 g/mol. The van der Waals surface area contributed by atoms with E-state index in [4.69, 9.17) is 14.7 Å². The van der Waals surface area contributed by atoms with Gasteiger partial charge in [0.15, 0.2) is 5.79 Å². The van der Waals surface area contributed by atoms with E-state index in [1.807, 2.05) is 26.0 Å². The molecule has 0 aliphatic carbocycles. The van der Waals surface area contributed by atoms with Gasteiger partial charge >= 0.3 is 0 Å². The number of anilines is 1. The topological polar surface area (TPSA) is 54.3 Å². The van der Waals surface area contributed by atoms with E-state index in [1.165, 1.54) is 0 Å². The lowest BCUT2D eigenvalue weighted by molar-refractivity contribution is -0.136. The molecular weight excluding hydrogens is 216 g/mol. The quantitative estimate of drug-likeness (QED) is 0.867. The van der Waals surface area contributed by atoms with Gasteiger partial charge in [0.05, 0.1) is 18.2 Å². The lowest BCUT2D eigenvalue weighted by atomic mass is 10.2. The molecule has 17 heavy (non-hydrogen) atoms. The number of benzene rings is 1. The molecule has 1 aliphatic rings. The fourth-order valence-electron chi connectivity index (χ4n) is 1.76. The fourth-order valence-corrected chi connectivity index (χ4v) is 1.76. The smallest absolute Gasteiger partial charge is 0.163 e. The van der Waals surface area contributed by atoms with E-state index in [0.717, 1.165) is 5.69 Å². The highest BCUT2D eigenvalue weighted by atomic mass is 16.7. The van der Waals surface area contributed by atoms with Crippen LogP contribution in [-0.4, -0.2) is 25.0 Å². The van der Waals surface area contributed by atoms with E-state index >= 15 is 0 Å². The molecule has 1 aliphatic heterocycles. The number of nitrogens with one attached hydrogen (secondary N) is 1. The summed E-state index contributed by atoms with van der Waals surface area (Å²) in [4.78, 5) is 0. The molecule has 4 nitrogen and oxygen atoms in total. The van der Waals surface area contributed by atoms with Crippen molar-refractivity contribution in [2.24, 2.45) is 0 Å². The van der Waals surface area contributed by atoms with Crippen LogP contribution in [0.2, 0.25) is 0 Å². The van der Waals surface area contributed by atoms with E-state index in [1.54, 1.807) is 12.1 Å². The minimum Gasteiger partial charge on any atom is -0.382 e. The van der Waals surface area contributed by atoms with Gasteiger partial charge in [0, 0.05) is 12.2 Å². The second-order valence-corrected chi connectivity index (χ2v) is 4.52. The summed E-state index contributed by atoms with van der Waals surface area (Å²) in [7, 11) is 0. The van der Waals surface area contributed by atoms with Crippen molar-refractivity contribution < 1.29 is 9.47 Å². The Morgan fingerprint density at radius 2 is 2.12 bits per heavy atom. The Kier molecular flexibility index (Phi) is 3.32. The molecule has 0 bridgehead atoms. The number of nitriles is 1. The first-order chi connectivity index (χ1) is 8.09. The van der Waals surface area contributed by atoms with Crippen molar-refractivity contribution in [1.82, 2.24) is 0 Å². The summed E-state index contributed by atoms with van der Waals surface area (Å²) < 4.78 is 11.2. The Labute approximate surface area is 101 Å². The van der Waals surface area contributed by atoms with Crippen molar-refractivity contribution in [3.63, 3.8) is 0 Å². The third-order valence-corrected chi connectivity index (χ3v) is 2.62. The van der Waals surface area contributed by atoms with Gasteiger partial charge in [-0.2, -0.15) is 5.26 Å². The van der Waals surface area contributed by atoms with Crippen LogP contribution in [0.25, 0.3) is 0 Å². The third kappa shape index (κ3) is 3.19. The Balaban J connectivity index is 1.84. The molecule has 1 fully saturated rings. The Morgan fingerprint density at radius 3 is 2.65 bits per heavy atom. The van der Waals surface area contributed by atoms with Crippen molar-refractivity contribution in [3.05, 3.63) is 29.8 Å². The normalized spacial score (nSPS) is 22.1. The molecule has 4 heteroatoms. The first-order valence-electron chi connectivity index (χ1n) is 5.65. The van der Waals surface area contributed by atoms with Gasteiger partial charge in [0.25, 0.3) is 0 Å². The summed E-state index contributed by atoms with van der Waals surface area (Å²) >= 11 is 0. The Morgan fingerprint density at radius 1 is 1.41 bits per heavy atom. The van der Waals surface area contributed by atoms with Gasteiger partial charge in [-0.25, -0.2) is 0 Å². The lowest BCUT2D eigenvalue weighted by Gasteiger charge is -2.17. The van der Waals surface area contributed by atoms with E-state index < -0.39 is 5.79 Å². The minimum absolute atomic E-state index is 0.0700. The summed E-state index contributed by atoms with van der Waals surface area (Å²) in [6.45, 7) is 5.13. The SMILES string of the molecule is CC1(C)OCC(CNc2ccc(C#N)cc2)O1.